The number of rotatable bonds is 2. The number of hydrogen-bond donors (Lipinski definition) is 2. The molecule has 0 saturated carbocycles. The summed E-state index contributed by atoms with van der Waals surface area (Å²) in [6.45, 7) is 1.36. The molecule has 2 aliphatic rings. The average molecular weight is 257 g/mol. The van der Waals surface area contributed by atoms with Crippen LogP contribution in [0, 0.1) is 0 Å². The number of aliphatic imine (C=N–C) groups is 1. The van der Waals surface area contributed by atoms with Gasteiger partial charge in [-0.2, -0.15) is 0 Å². The zero-order chi connectivity index (χ0) is 12.3. The van der Waals surface area contributed by atoms with Gasteiger partial charge in [0.1, 0.15) is 0 Å². The fourth-order valence-corrected chi connectivity index (χ4v) is 2.98. The molecule has 1 unspecified atom stereocenters. The van der Waals surface area contributed by atoms with Crippen molar-refractivity contribution in [1.29, 1.82) is 0 Å². The standard InChI is InChI=1S/C10H15N3O3S/c14-10(9-11-4-1-2-5-12-9)13-8-3-6-17(15,16)7-8/h3,6,8H,1-2,4-5,7H2,(H,11,12)(H,13,14). The normalized spacial score (nSPS) is 26.8. The lowest BCUT2D eigenvalue weighted by Crippen LogP contribution is -2.45. The van der Waals surface area contributed by atoms with Crippen molar-refractivity contribution >= 4 is 21.6 Å². The van der Waals surface area contributed by atoms with E-state index in [9.17, 15) is 13.2 Å². The lowest BCUT2D eigenvalue weighted by atomic mass is 10.3. The fraction of sp³-hybridized carbons (Fsp3) is 0.600. The first-order valence-electron chi connectivity index (χ1n) is 5.57. The van der Waals surface area contributed by atoms with Crippen LogP contribution in [0.25, 0.3) is 0 Å². The summed E-state index contributed by atoms with van der Waals surface area (Å²) in [7, 11) is -3.13. The van der Waals surface area contributed by atoms with Crippen molar-refractivity contribution in [3.8, 4) is 0 Å². The Balaban J connectivity index is 1.93. The van der Waals surface area contributed by atoms with Gasteiger partial charge in [0, 0.05) is 18.5 Å². The van der Waals surface area contributed by atoms with Crippen molar-refractivity contribution < 1.29 is 13.2 Å². The van der Waals surface area contributed by atoms with Crippen LogP contribution in [-0.2, 0) is 14.6 Å². The molecule has 2 aliphatic heterocycles. The molecule has 0 aromatic heterocycles. The number of sulfone groups is 1. The van der Waals surface area contributed by atoms with Crippen LogP contribution >= 0.6 is 0 Å². The first kappa shape index (κ1) is 12.1. The van der Waals surface area contributed by atoms with E-state index in [1.807, 2.05) is 0 Å². The summed E-state index contributed by atoms with van der Waals surface area (Å²) in [6.07, 6.45) is 3.43. The van der Waals surface area contributed by atoms with E-state index in [4.69, 9.17) is 0 Å². The molecule has 0 aliphatic carbocycles. The molecule has 2 N–H and O–H groups in total. The second-order valence-electron chi connectivity index (χ2n) is 4.10. The fourth-order valence-electron chi connectivity index (χ4n) is 1.74. The Hall–Kier alpha value is -1.37. The minimum Gasteiger partial charge on any atom is -0.366 e. The van der Waals surface area contributed by atoms with Crippen LogP contribution in [0.15, 0.2) is 16.5 Å². The molecule has 0 spiro atoms. The van der Waals surface area contributed by atoms with Crippen molar-refractivity contribution in [2.45, 2.75) is 18.9 Å². The van der Waals surface area contributed by atoms with E-state index in [2.05, 4.69) is 15.6 Å². The molecule has 0 bridgehead atoms. The molecule has 0 fully saturated rings. The SMILES string of the molecule is O=C(NC1C=CS(=O)(=O)C1)C1=NCCCCN1. The molecular formula is C10H15N3O3S. The third-order valence-corrected chi connectivity index (χ3v) is 4.00. The predicted octanol–water partition coefficient (Wildman–Crippen LogP) is -0.805. The van der Waals surface area contributed by atoms with Crippen LogP contribution in [0.5, 0.6) is 0 Å². The van der Waals surface area contributed by atoms with Gasteiger partial charge in [-0.25, -0.2) is 8.42 Å². The molecule has 7 heteroatoms. The Morgan fingerprint density at radius 3 is 3.00 bits per heavy atom. The van der Waals surface area contributed by atoms with Gasteiger partial charge >= 0.3 is 0 Å². The smallest absolute Gasteiger partial charge is 0.286 e. The van der Waals surface area contributed by atoms with E-state index < -0.39 is 15.9 Å². The van der Waals surface area contributed by atoms with E-state index >= 15 is 0 Å². The summed E-state index contributed by atoms with van der Waals surface area (Å²) in [5, 5.41) is 6.71. The van der Waals surface area contributed by atoms with Gasteiger partial charge in [-0.3, -0.25) is 9.79 Å². The first-order valence-corrected chi connectivity index (χ1v) is 7.28. The minimum atomic E-state index is -3.13. The molecule has 0 aromatic rings. The highest BCUT2D eigenvalue weighted by Gasteiger charge is 2.24. The molecule has 1 amide bonds. The Morgan fingerprint density at radius 1 is 1.47 bits per heavy atom. The number of carbonyl (C=O) groups excluding carboxylic acids is 1. The summed E-state index contributed by atoms with van der Waals surface area (Å²) >= 11 is 0. The topological polar surface area (TPSA) is 87.6 Å². The van der Waals surface area contributed by atoms with Crippen LogP contribution in [0.1, 0.15) is 12.8 Å². The molecule has 94 valence electrons. The van der Waals surface area contributed by atoms with E-state index in [1.54, 1.807) is 0 Å². The number of amides is 1. The van der Waals surface area contributed by atoms with Crippen LogP contribution in [0.2, 0.25) is 0 Å². The molecule has 17 heavy (non-hydrogen) atoms. The maximum Gasteiger partial charge on any atom is 0.286 e. The summed E-state index contributed by atoms with van der Waals surface area (Å²) < 4.78 is 22.3. The van der Waals surface area contributed by atoms with Crippen molar-refractivity contribution in [1.82, 2.24) is 10.6 Å². The van der Waals surface area contributed by atoms with Gasteiger partial charge in [0.05, 0.1) is 11.8 Å². The lowest BCUT2D eigenvalue weighted by molar-refractivity contribution is -0.115. The molecule has 0 aromatic carbocycles. The van der Waals surface area contributed by atoms with Crippen LogP contribution < -0.4 is 10.6 Å². The molecular weight excluding hydrogens is 242 g/mol. The number of nitrogens with zero attached hydrogens (tertiary/aromatic N) is 1. The van der Waals surface area contributed by atoms with Gasteiger partial charge in [0.15, 0.2) is 15.7 Å². The highest BCUT2D eigenvalue weighted by molar-refractivity contribution is 7.94. The summed E-state index contributed by atoms with van der Waals surface area (Å²) in [5.74, 6) is -0.0923. The Bertz CT molecular complexity index is 467. The lowest BCUT2D eigenvalue weighted by Gasteiger charge is -2.11. The number of hydrogen-bond acceptors (Lipinski definition) is 5. The summed E-state index contributed by atoms with van der Waals surface area (Å²) in [5.41, 5.74) is 0. The maximum atomic E-state index is 11.8. The van der Waals surface area contributed by atoms with Crippen LogP contribution in [0.4, 0.5) is 0 Å². The van der Waals surface area contributed by atoms with Gasteiger partial charge in [-0.05, 0) is 18.9 Å². The minimum absolute atomic E-state index is 0.0635. The van der Waals surface area contributed by atoms with Gasteiger partial charge in [0.25, 0.3) is 5.91 Å². The third kappa shape index (κ3) is 3.29. The second kappa shape index (κ2) is 4.87. The molecule has 2 heterocycles. The van der Waals surface area contributed by atoms with Crippen molar-refractivity contribution in [3.05, 3.63) is 11.5 Å². The highest BCUT2D eigenvalue weighted by Crippen LogP contribution is 2.07. The first-order chi connectivity index (χ1) is 8.07. The van der Waals surface area contributed by atoms with Gasteiger partial charge < -0.3 is 10.6 Å². The Morgan fingerprint density at radius 2 is 2.29 bits per heavy atom. The van der Waals surface area contributed by atoms with E-state index in [1.165, 1.54) is 6.08 Å². The monoisotopic (exact) mass is 257 g/mol. The Labute approximate surface area is 100 Å². The Kier molecular flexibility index (Phi) is 3.46. The second-order valence-corrected chi connectivity index (χ2v) is 6.03. The zero-order valence-corrected chi connectivity index (χ0v) is 10.2. The van der Waals surface area contributed by atoms with Gasteiger partial charge in [-0.15, -0.1) is 0 Å². The van der Waals surface area contributed by atoms with E-state index in [0.717, 1.165) is 24.8 Å². The largest absolute Gasteiger partial charge is 0.366 e. The summed E-state index contributed by atoms with van der Waals surface area (Å²) in [6, 6.07) is -0.444. The number of carbonyl (C=O) groups is 1. The quantitative estimate of drug-likeness (QED) is 0.677. The zero-order valence-electron chi connectivity index (χ0n) is 9.35. The maximum absolute atomic E-state index is 11.8. The highest BCUT2D eigenvalue weighted by atomic mass is 32.2. The van der Waals surface area contributed by atoms with Crippen molar-refractivity contribution in [2.75, 3.05) is 18.8 Å². The van der Waals surface area contributed by atoms with Gasteiger partial charge in [0.2, 0.25) is 0 Å². The van der Waals surface area contributed by atoms with Crippen molar-refractivity contribution in [2.24, 2.45) is 4.99 Å². The van der Waals surface area contributed by atoms with E-state index in [-0.39, 0.29) is 11.7 Å². The van der Waals surface area contributed by atoms with Crippen LogP contribution in [-0.4, -0.2) is 45.0 Å². The number of amidine groups is 1. The molecule has 0 radical (unpaired) electrons. The predicted molar refractivity (Wildman–Crippen MR) is 64.4 cm³/mol. The van der Waals surface area contributed by atoms with Gasteiger partial charge in [-0.1, -0.05) is 0 Å². The van der Waals surface area contributed by atoms with Crippen molar-refractivity contribution in [3.63, 3.8) is 0 Å². The molecule has 6 nitrogen and oxygen atoms in total. The molecule has 0 saturated heterocycles. The number of nitrogens with one attached hydrogen (secondary N) is 2. The molecule has 2 rings (SSSR count). The third-order valence-electron chi connectivity index (χ3n) is 2.61. The summed E-state index contributed by atoms with van der Waals surface area (Å²) in [4.78, 5) is 15.9. The molecule has 1 atom stereocenters. The average Bonchev–Trinajstić information content (AvgIpc) is 2.52. The van der Waals surface area contributed by atoms with Crippen LogP contribution in [0.3, 0.4) is 0 Å². The van der Waals surface area contributed by atoms with E-state index in [0.29, 0.717) is 12.4 Å².